The van der Waals surface area contributed by atoms with Crippen LogP contribution in [-0.2, 0) is 9.84 Å². The summed E-state index contributed by atoms with van der Waals surface area (Å²) in [5, 5.41) is 3.42. The Kier molecular flexibility index (Phi) is 8.00. The second-order valence-electron chi connectivity index (χ2n) is 5.22. The van der Waals surface area contributed by atoms with Crippen LogP contribution in [0.25, 0.3) is 0 Å². The van der Waals surface area contributed by atoms with Gasteiger partial charge in [-0.15, -0.1) is 0 Å². The molecule has 0 rings (SSSR count). The molecule has 0 aliphatic carbocycles. The van der Waals surface area contributed by atoms with Crippen LogP contribution in [0.1, 0.15) is 27.2 Å². The molecule has 17 heavy (non-hydrogen) atoms. The molecule has 0 aliphatic rings. The van der Waals surface area contributed by atoms with Gasteiger partial charge in [-0.3, -0.25) is 0 Å². The van der Waals surface area contributed by atoms with Crippen molar-refractivity contribution in [1.29, 1.82) is 0 Å². The summed E-state index contributed by atoms with van der Waals surface area (Å²) in [5.41, 5.74) is 0. The minimum atomic E-state index is -2.86. The Morgan fingerprint density at radius 3 is 2.24 bits per heavy atom. The van der Waals surface area contributed by atoms with E-state index in [2.05, 4.69) is 31.0 Å². The lowest BCUT2D eigenvalue weighted by molar-refractivity contribution is 0.239. The van der Waals surface area contributed by atoms with Gasteiger partial charge in [-0.05, 0) is 25.9 Å². The molecule has 0 aromatic rings. The fourth-order valence-electron chi connectivity index (χ4n) is 1.64. The molecule has 0 fully saturated rings. The molecule has 5 heteroatoms. The average molecular weight is 264 g/mol. The third-order valence-electron chi connectivity index (χ3n) is 2.84. The number of rotatable bonds is 9. The molecule has 0 radical (unpaired) electrons. The van der Waals surface area contributed by atoms with E-state index in [1.165, 1.54) is 6.26 Å². The quantitative estimate of drug-likeness (QED) is 0.675. The molecule has 0 saturated carbocycles. The summed E-state index contributed by atoms with van der Waals surface area (Å²) in [5.74, 6) is 0.887. The van der Waals surface area contributed by atoms with E-state index in [9.17, 15) is 8.42 Å². The van der Waals surface area contributed by atoms with E-state index in [4.69, 9.17) is 0 Å². The summed E-state index contributed by atoms with van der Waals surface area (Å²) in [6, 6.07) is 0.412. The standard InChI is InChI=1S/C12H28N2O2S/c1-6-12(10-13-9-11(2)3)14(4)7-8-17(5,15)16/h11-13H,6-10H2,1-5H3. The van der Waals surface area contributed by atoms with E-state index in [0.29, 0.717) is 18.5 Å². The van der Waals surface area contributed by atoms with Crippen LogP contribution in [-0.4, -0.2) is 58.1 Å². The number of hydrogen-bond acceptors (Lipinski definition) is 4. The van der Waals surface area contributed by atoms with Gasteiger partial charge in [-0.25, -0.2) is 8.42 Å². The van der Waals surface area contributed by atoms with Gasteiger partial charge in [0, 0.05) is 25.4 Å². The van der Waals surface area contributed by atoms with E-state index >= 15 is 0 Å². The molecule has 0 heterocycles. The highest BCUT2D eigenvalue weighted by Gasteiger charge is 2.14. The van der Waals surface area contributed by atoms with Gasteiger partial charge in [0.2, 0.25) is 0 Å². The normalized spacial score (nSPS) is 14.5. The average Bonchev–Trinajstić information content (AvgIpc) is 2.19. The summed E-state index contributed by atoms with van der Waals surface area (Å²) in [4.78, 5) is 2.13. The van der Waals surface area contributed by atoms with Crippen LogP contribution < -0.4 is 5.32 Å². The van der Waals surface area contributed by atoms with Crippen LogP contribution >= 0.6 is 0 Å². The van der Waals surface area contributed by atoms with Crippen LogP contribution in [0.15, 0.2) is 0 Å². The second-order valence-corrected chi connectivity index (χ2v) is 7.48. The highest BCUT2D eigenvalue weighted by Crippen LogP contribution is 2.01. The summed E-state index contributed by atoms with van der Waals surface area (Å²) in [7, 11) is -0.861. The predicted molar refractivity (Wildman–Crippen MR) is 74.1 cm³/mol. The maximum Gasteiger partial charge on any atom is 0.148 e. The van der Waals surface area contributed by atoms with E-state index in [-0.39, 0.29) is 5.75 Å². The Morgan fingerprint density at radius 2 is 1.82 bits per heavy atom. The first-order chi connectivity index (χ1) is 7.76. The van der Waals surface area contributed by atoms with E-state index in [1.807, 2.05) is 7.05 Å². The number of sulfone groups is 1. The van der Waals surface area contributed by atoms with Crippen molar-refractivity contribution in [3.8, 4) is 0 Å². The summed E-state index contributed by atoms with van der Waals surface area (Å²) >= 11 is 0. The first-order valence-corrected chi connectivity index (χ1v) is 8.41. The lowest BCUT2D eigenvalue weighted by Gasteiger charge is -2.27. The zero-order valence-electron chi connectivity index (χ0n) is 11.9. The molecule has 0 amide bonds. The molecule has 0 spiro atoms. The Hall–Kier alpha value is -0.130. The molecule has 1 N–H and O–H groups in total. The number of nitrogens with one attached hydrogen (secondary N) is 1. The van der Waals surface area contributed by atoms with E-state index in [1.54, 1.807) is 0 Å². The van der Waals surface area contributed by atoms with Gasteiger partial charge in [0.05, 0.1) is 5.75 Å². The third-order valence-corrected chi connectivity index (χ3v) is 3.77. The van der Waals surface area contributed by atoms with Crippen LogP contribution in [0.3, 0.4) is 0 Å². The Morgan fingerprint density at radius 1 is 1.24 bits per heavy atom. The largest absolute Gasteiger partial charge is 0.315 e. The Labute approximate surface area is 107 Å². The number of nitrogens with zero attached hydrogens (tertiary/aromatic N) is 1. The third kappa shape index (κ3) is 9.56. The molecule has 0 aromatic carbocycles. The lowest BCUT2D eigenvalue weighted by Crippen LogP contribution is -2.42. The molecule has 104 valence electrons. The molecular weight excluding hydrogens is 236 g/mol. The van der Waals surface area contributed by atoms with Gasteiger partial charge >= 0.3 is 0 Å². The maximum atomic E-state index is 11.1. The molecule has 0 aromatic heterocycles. The lowest BCUT2D eigenvalue weighted by atomic mass is 10.2. The van der Waals surface area contributed by atoms with Crippen molar-refractivity contribution in [2.24, 2.45) is 5.92 Å². The van der Waals surface area contributed by atoms with Crippen molar-refractivity contribution in [1.82, 2.24) is 10.2 Å². The topological polar surface area (TPSA) is 49.4 Å². The maximum absolute atomic E-state index is 11.1. The summed E-state index contributed by atoms with van der Waals surface area (Å²) in [6.07, 6.45) is 2.32. The highest BCUT2D eigenvalue weighted by atomic mass is 32.2. The first-order valence-electron chi connectivity index (χ1n) is 6.35. The van der Waals surface area contributed by atoms with Gasteiger partial charge in [-0.1, -0.05) is 20.8 Å². The molecular formula is C12H28N2O2S. The van der Waals surface area contributed by atoms with Crippen molar-refractivity contribution >= 4 is 9.84 Å². The van der Waals surface area contributed by atoms with Gasteiger partial charge in [0.15, 0.2) is 0 Å². The molecule has 0 bridgehead atoms. The second kappa shape index (κ2) is 8.06. The molecule has 4 nitrogen and oxygen atoms in total. The molecule has 0 saturated heterocycles. The van der Waals surface area contributed by atoms with Gasteiger partial charge in [0.1, 0.15) is 9.84 Å². The minimum Gasteiger partial charge on any atom is -0.315 e. The van der Waals surface area contributed by atoms with Gasteiger partial charge in [0.25, 0.3) is 0 Å². The fourth-order valence-corrected chi connectivity index (χ4v) is 2.26. The molecule has 1 atom stereocenters. The van der Waals surface area contributed by atoms with Gasteiger partial charge < -0.3 is 10.2 Å². The highest BCUT2D eigenvalue weighted by molar-refractivity contribution is 7.90. The Balaban J connectivity index is 3.99. The Bertz CT molecular complexity index is 289. The summed E-state index contributed by atoms with van der Waals surface area (Å²) < 4.78 is 22.2. The summed E-state index contributed by atoms with van der Waals surface area (Å²) in [6.45, 7) is 9.05. The zero-order chi connectivity index (χ0) is 13.5. The van der Waals surface area contributed by atoms with Crippen molar-refractivity contribution in [3.05, 3.63) is 0 Å². The minimum absolute atomic E-state index is 0.240. The molecule has 0 aliphatic heterocycles. The van der Waals surface area contributed by atoms with Crippen LogP contribution in [0.4, 0.5) is 0 Å². The fraction of sp³-hybridized carbons (Fsp3) is 1.00. The van der Waals surface area contributed by atoms with Crippen molar-refractivity contribution < 1.29 is 8.42 Å². The van der Waals surface area contributed by atoms with Crippen LogP contribution in [0, 0.1) is 5.92 Å². The van der Waals surface area contributed by atoms with Crippen molar-refractivity contribution in [2.45, 2.75) is 33.2 Å². The monoisotopic (exact) mass is 264 g/mol. The predicted octanol–water partition coefficient (Wildman–Crippen LogP) is 0.987. The SMILES string of the molecule is CCC(CNCC(C)C)N(C)CCS(C)(=O)=O. The van der Waals surface area contributed by atoms with Crippen LogP contribution in [0.2, 0.25) is 0 Å². The van der Waals surface area contributed by atoms with Gasteiger partial charge in [-0.2, -0.15) is 0 Å². The number of hydrogen-bond donors (Lipinski definition) is 1. The van der Waals surface area contributed by atoms with E-state index < -0.39 is 9.84 Å². The van der Waals surface area contributed by atoms with Crippen molar-refractivity contribution in [2.75, 3.05) is 38.7 Å². The van der Waals surface area contributed by atoms with E-state index in [0.717, 1.165) is 19.5 Å². The number of likely N-dealkylation sites (N-methyl/N-ethyl adjacent to an activating group) is 1. The zero-order valence-corrected chi connectivity index (χ0v) is 12.7. The first kappa shape index (κ1) is 16.9. The van der Waals surface area contributed by atoms with Crippen LogP contribution in [0.5, 0.6) is 0 Å². The smallest absolute Gasteiger partial charge is 0.148 e. The molecule has 1 unspecified atom stereocenters. The van der Waals surface area contributed by atoms with Crippen molar-refractivity contribution in [3.63, 3.8) is 0 Å².